The highest BCUT2D eigenvalue weighted by Gasteiger charge is 2.21. The van der Waals surface area contributed by atoms with E-state index in [2.05, 4.69) is 10.3 Å². The smallest absolute Gasteiger partial charge is 0.326 e. The highest BCUT2D eigenvalue weighted by Crippen LogP contribution is 2.16. The molecule has 0 aliphatic carbocycles. The number of amides is 1. The van der Waals surface area contributed by atoms with Crippen LogP contribution in [0.4, 0.5) is 0 Å². The first kappa shape index (κ1) is 18.4. The zero-order chi connectivity index (χ0) is 18.2. The van der Waals surface area contributed by atoms with E-state index in [1.807, 2.05) is 26.0 Å². The quantitative estimate of drug-likeness (QED) is 0.770. The summed E-state index contributed by atoms with van der Waals surface area (Å²) in [7, 11) is 0. The van der Waals surface area contributed by atoms with Crippen LogP contribution in [-0.2, 0) is 11.4 Å². The number of benzene rings is 1. The summed E-state index contributed by atoms with van der Waals surface area (Å²) in [5.74, 6) is -0.770. The van der Waals surface area contributed by atoms with Gasteiger partial charge in [0.05, 0.1) is 0 Å². The zero-order valence-electron chi connectivity index (χ0n) is 14.3. The molecule has 0 aliphatic heterocycles. The van der Waals surface area contributed by atoms with E-state index in [-0.39, 0.29) is 5.92 Å². The van der Waals surface area contributed by atoms with Crippen LogP contribution in [0.1, 0.15) is 36.2 Å². The number of pyridine rings is 1. The van der Waals surface area contributed by atoms with E-state index in [0.29, 0.717) is 24.3 Å². The molecule has 2 rings (SSSR count). The van der Waals surface area contributed by atoms with Gasteiger partial charge in [-0.25, -0.2) is 4.79 Å². The van der Waals surface area contributed by atoms with Crippen LogP contribution in [0.25, 0.3) is 0 Å². The van der Waals surface area contributed by atoms with Gasteiger partial charge < -0.3 is 15.2 Å². The summed E-state index contributed by atoms with van der Waals surface area (Å²) in [6.45, 7) is 4.16. The Hall–Kier alpha value is -2.89. The van der Waals surface area contributed by atoms with Crippen molar-refractivity contribution in [1.82, 2.24) is 10.3 Å². The number of nitrogens with one attached hydrogen (secondary N) is 1. The van der Waals surface area contributed by atoms with E-state index < -0.39 is 17.9 Å². The average molecular weight is 342 g/mol. The maximum absolute atomic E-state index is 12.3. The fourth-order valence-electron chi connectivity index (χ4n) is 2.31. The molecule has 1 aromatic heterocycles. The third kappa shape index (κ3) is 5.91. The predicted octanol–water partition coefficient (Wildman–Crippen LogP) is 2.89. The van der Waals surface area contributed by atoms with Crippen LogP contribution in [0.15, 0.2) is 48.8 Å². The second-order valence-electron chi connectivity index (χ2n) is 6.17. The minimum Gasteiger partial charge on any atom is -0.489 e. The van der Waals surface area contributed by atoms with Gasteiger partial charge in [-0.1, -0.05) is 26.0 Å². The Labute approximate surface area is 146 Å². The summed E-state index contributed by atoms with van der Waals surface area (Å²) in [6.07, 6.45) is 3.77. The molecule has 1 heterocycles. The minimum absolute atomic E-state index is 0.163. The molecular formula is C19H22N2O4. The normalized spacial score (nSPS) is 11.8. The summed E-state index contributed by atoms with van der Waals surface area (Å²) in [6, 6.07) is 9.48. The number of carbonyl (C=O) groups excluding carboxylic acids is 1. The first-order chi connectivity index (χ1) is 12.0. The molecule has 0 unspecified atom stereocenters. The number of nitrogens with zero attached hydrogens (tertiary/aromatic N) is 1. The molecule has 1 aromatic carbocycles. The van der Waals surface area contributed by atoms with Crippen LogP contribution >= 0.6 is 0 Å². The first-order valence-corrected chi connectivity index (χ1v) is 8.11. The molecule has 0 radical (unpaired) electrons. The van der Waals surface area contributed by atoms with Crippen molar-refractivity contribution >= 4 is 11.9 Å². The van der Waals surface area contributed by atoms with E-state index in [4.69, 9.17) is 4.74 Å². The van der Waals surface area contributed by atoms with Crippen LogP contribution in [0.2, 0.25) is 0 Å². The summed E-state index contributed by atoms with van der Waals surface area (Å²) in [5.41, 5.74) is 1.28. The van der Waals surface area contributed by atoms with E-state index >= 15 is 0 Å². The number of hydrogen-bond acceptors (Lipinski definition) is 4. The maximum atomic E-state index is 12.3. The van der Waals surface area contributed by atoms with Gasteiger partial charge >= 0.3 is 5.97 Å². The van der Waals surface area contributed by atoms with E-state index in [1.54, 1.807) is 36.7 Å². The van der Waals surface area contributed by atoms with E-state index in [0.717, 1.165) is 5.56 Å². The third-order valence-electron chi connectivity index (χ3n) is 3.54. The van der Waals surface area contributed by atoms with Crippen LogP contribution in [0.3, 0.4) is 0 Å². The second kappa shape index (κ2) is 8.82. The molecule has 1 amide bonds. The van der Waals surface area contributed by atoms with Crippen LogP contribution in [-0.4, -0.2) is 28.0 Å². The fourth-order valence-corrected chi connectivity index (χ4v) is 2.31. The highest BCUT2D eigenvalue weighted by molar-refractivity contribution is 5.96. The van der Waals surface area contributed by atoms with Gasteiger partial charge in [-0.05, 0) is 36.6 Å². The molecule has 132 valence electrons. The summed E-state index contributed by atoms with van der Waals surface area (Å²) < 4.78 is 5.66. The molecule has 0 fully saturated rings. The number of aliphatic carboxylic acids is 1. The van der Waals surface area contributed by atoms with Crippen molar-refractivity contribution in [1.29, 1.82) is 0 Å². The van der Waals surface area contributed by atoms with Crippen molar-refractivity contribution in [2.24, 2.45) is 5.92 Å². The van der Waals surface area contributed by atoms with Crippen LogP contribution in [0, 0.1) is 5.92 Å². The molecule has 25 heavy (non-hydrogen) atoms. The molecule has 0 aliphatic rings. The SMILES string of the molecule is CC(C)C[C@H](NC(=O)c1cccc(OCc2cccnc2)c1)C(=O)O. The van der Waals surface area contributed by atoms with Crippen molar-refractivity contribution in [3.05, 3.63) is 59.9 Å². The van der Waals surface area contributed by atoms with Crippen molar-refractivity contribution in [2.75, 3.05) is 0 Å². The molecule has 2 aromatic rings. The number of carbonyl (C=O) groups is 2. The van der Waals surface area contributed by atoms with Gasteiger partial charge in [-0.3, -0.25) is 9.78 Å². The van der Waals surface area contributed by atoms with Gasteiger partial charge in [0, 0.05) is 23.5 Å². The predicted molar refractivity (Wildman–Crippen MR) is 93.4 cm³/mol. The number of ether oxygens (including phenoxy) is 1. The summed E-state index contributed by atoms with van der Waals surface area (Å²) in [4.78, 5) is 27.6. The lowest BCUT2D eigenvalue weighted by atomic mass is 10.0. The van der Waals surface area contributed by atoms with Gasteiger partial charge in [-0.2, -0.15) is 0 Å². The Morgan fingerprint density at radius 3 is 2.68 bits per heavy atom. The van der Waals surface area contributed by atoms with Crippen LogP contribution < -0.4 is 10.1 Å². The zero-order valence-corrected chi connectivity index (χ0v) is 14.3. The van der Waals surface area contributed by atoms with Gasteiger partial charge in [0.2, 0.25) is 0 Å². The Morgan fingerprint density at radius 1 is 1.24 bits per heavy atom. The molecule has 2 N–H and O–H groups in total. The van der Waals surface area contributed by atoms with Gasteiger partial charge in [0.25, 0.3) is 5.91 Å². The van der Waals surface area contributed by atoms with Crippen LogP contribution in [0.5, 0.6) is 5.75 Å². The molecule has 0 bridgehead atoms. The Morgan fingerprint density at radius 2 is 2.04 bits per heavy atom. The average Bonchev–Trinajstić information content (AvgIpc) is 2.60. The minimum atomic E-state index is -1.04. The maximum Gasteiger partial charge on any atom is 0.326 e. The molecule has 1 atom stereocenters. The molecule has 0 saturated carbocycles. The van der Waals surface area contributed by atoms with E-state index in [1.165, 1.54) is 0 Å². The van der Waals surface area contributed by atoms with Crippen molar-refractivity contribution in [3.8, 4) is 5.75 Å². The summed E-state index contributed by atoms with van der Waals surface area (Å²) in [5, 5.41) is 11.8. The molecule has 6 nitrogen and oxygen atoms in total. The topological polar surface area (TPSA) is 88.5 Å². The lowest BCUT2D eigenvalue weighted by Gasteiger charge is -2.16. The number of hydrogen-bond donors (Lipinski definition) is 2. The monoisotopic (exact) mass is 342 g/mol. The Balaban J connectivity index is 2.01. The lowest BCUT2D eigenvalue weighted by Crippen LogP contribution is -2.41. The Kier molecular flexibility index (Phi) is 6.51. The lowest BCUT2D eigenvalue weighted by molar-refractivity contribution is -0.139. The van der Waals surface area contributed by atoms with Crippen molar-refractivity contribution in [3.63, 3.8) is 0 Å². The van der Waals surface area contributed by atoms with Gasteiger partial charge in [0.15, 0.2) is 0 Å². The van der Waals surface area contributed by atoms with Crippen molar-refractivity contribution < 1.29 is 19.4 Å². The molecule has 0 spiro atoms. The Bertz CT molecular complexity index is 716. The number of rotatable bonds is 8. The van der Waals surface area contributed by atoms with Crippen molar-refractivity contribution in [2.45, 2.75) is 32.9 Å². The number of carboxylic acid groups (broad SMARTS) is 1. The fraction of sp³-hybridized carbons (Fsp3) is 0.316. The van der Waals surface area contributed by atoms with Gasteiger partial charge in [-0.15, -0.1) is 0 Å². The summed E-state index contributed by atoms with van der Waals surface area (Å²) >= 11 is 0. The largest absolute Gasteiger partial charge is 0.489 e. The number of aromatic nitrogens is 1. The standard InChI is InChI=1S/C19H22N2O4/c1-13(2)9-17(19(23)24)21-18(22)15-6-3-7-16(10-15)25-12-14-5-4-8-20-11-14/h3-8,10-11,13,17H,9,12H2,1-2H3,(H,21,22)(H,23,24)/t17-/m0/s1. The molecule has 0 saturated heterocycles. The first-order valence-electron chi connectivity index (χ1n) is 8.11. The third-order valence-corrected chi connectivity index (χ3v) is 3.54. The van der Waals surface area contributed by atoms with E-state index in [9.17, 15) is 14.7 Å². The molecule has 6 heteroatoms. The van der Waals surface area contributed by atoms with Gasteiger partial charge in [0.1, 0.15) is 18.4 Å². The molecular weight excluding hydrogens is 320 g/mol. The number of carboxylic acids is 1. The second-order valence-corrected chi connectivity index (χ2v) is 6.17. The highest BCUT2D eigenvalue weighted by atomic mass is 16.5.